The molecule has 0 aliphatic carbocycles. The maximum Gasteiger partial charge on any atom is 0.273 e. The van der Waals surface area contributed by atoms with Gasteiger partial charge in [0, 0.05) is 30.3 Å². The molecule has 4 bridgehead atoms. The van der Waals surface area contributed by atoms with E-state index in [0.29, 0.717) is 17.0 Å². The van der Waals surface area contributed by atoms with Crippen molar-refractivity contribution in [1.82, 2.24) is 35.2 Å². The fourth-order valence-electron chi connectivity index (χ4n) is 4.42. The Balaban J connectivity index is 1.47. The molecule has 4 heterocycles. The summed E-state index contributed by atoms with van der Waals surface area (Å²) in [6.45, 7) is 3.75. The van der Waals surface area contributed by atoms with Crippen molar-refractivity contribution >= 4 is 46.5 Å². The van der Waals surface area contributed by atoms with Crippen LogP contribution in [0.2, 0.25) is 0 Å². The molecular weight excluding hydrogens is 578 g/mol. The standard InChI is InChI=1S/C28H29N7O5S2/c1-16(2)23-27-33-21(15-41-27)25(38)31-19(10-17-6-4-3-5-7-17)26-32-20(13-40-26)24(37)29-8-9-35(12-22(36)34-23)28(39)18-11-30-42-14-18/h3-7,11,13-16,19,23H,8-10,12H2,1-2H3,(H,29,37)(H,31,38)(H,34,36)/t19-,23-/m0/s1. The van der Waals surface area contributed by atoms with Crippen LogP contribution in [-0.4, -0.2) is 62.5 Å². The summed E-state index contributed by atoms with van der Waals surface area (Å²) >= 11 is 2.39. The Hall–Kier alpha value is -4.43. The third-order valence-corrected chi connectivity index (χ3v) is 8.13. The number of fused-ring (bicyclic) bond motifs is 4. The van der Waals surface area contributed by atoms with Crippen molar-refractivity contribution in [1.29, 1.82) is 0 Å². The van der Waals surface area contributed by atoms with Crippen molar-refractivity contribution in [3.05, 3.63) is 87.0 Å². The van der Waals surface area contributed by atoms with E-state index in [-0.39, 0.29) is 48.7 Å². The quantitative estimate of drug-likeness (QED) is 0.319. The zero-order chi connectivity index (χ0) is 29.6. The molecule has 0 fully saturated rings. The average molecular weight is 608 g/mol. The minimum atomic E-state index is -0.682. The Kier molecular flexibility index (Phi) is 9.03. The van der Waals surface area contributed by atoms with Crippen LogP contribution < -0.4 is 16.0 Å². The fraction of sp³-hybridized carbons (Fsp3) is 0.321. The van der Waals surface area contributed by atoms with Gasteiger partial charge in [-0.3, -0.25) is 19.2 Å². The third-order valence-electron chi connectivity index (χ3n) is 6.61. The number of aromatic nitrogens is 3. The summed E-state index contributed by atoms with van der Waals surface area (Å²) in [5.41, 5.74) is 1.48. The van der Waals surface area contributed by atoms with Gasteiger partial charge in [-0.2, -0.15) is 0 Å². The van der Waals surface area contributed by atoms with Crippen molar-refractivity contribution in [2.75, 3.05) is 19.6 Å². The molecule has 0 unspecified atom stereocenters. The number of thiazole rings is 1. The van der Waals surface area contributed by atoms with Crippen LogP contribution in [0, 0.1) is 5.92 Å². The Morgan fingerprint density at radius 1 is 1.07 bits per heavy atom. The summed E-state index contributed by atoms with van der Waals surface area (Å²) < 4.78 is 9.65. The van der Waals surface area contributed by atoms with Crippen LogP contribution in [0.1, 0.15) is 73.7 Å². The Labute approximate surface area is 249 Å². The zero-order valence-corrected chi connectivity index (χ0v) is 24.5. The van der Waals surface area contributed by atoms with Gasteiger partial charge < -0.3 is 25.3 Å². The molecule has 0 saturated heterocycles. The number of hydrogen-bond acceptors (Lipinski definition) is 10. The number of amides is 4. The normalized spacial score (nSPS) is 18.5. The highest BCUT2D eigenvalue weighted by Crippen LogP contribution is 2.26. The topological polar surface area (TPSA) is 159 Å². The van der Waals surface area contributed by atoms with E-state index in [1.54, 1.807) is 10.8 Å². The van der Waals surface area contributed by atoms with Crippen molar-refractivity contribution in [2.24, 2.45) is 5.92 Å². The number of carbonyl (C=O) groups excluding carboxylic acids is 4. The molecule has 4 amide bonds. The van der Waals surface area contributed by atoms with E-state index in [1.807, 2.05) is 44.2 Å². The molecule has 3 N–H and O–H groups in total. The molecule has 1 aliphatic heterocycles. The highest BCUT2D eigenvalue weighted by Gasteiger charge is 2.28. The maximum atomic E-state index is 13.3. The minimum absolute atomic E-state index is 0.0202. The molecule has 2 atom stereocenters. The van der Waals surface area contributed by atoms with Crippen LogP contribution in [0.25, 0.3) is 0 Å². The van der Waals surface area contributed by atoms with Gasteiger partial charge in [0.25, 0.3) is 17.7 Å². The summed E-state index contributed by atoms with van der Waals surface area (Å²) in [5.74, 6) is -1.63. The summed E-state index contributed by atoms with van der Waals surface area (Å²) in [7, 11) is 0. The monoisotopic (exact) mass is 607 g/mol. The first-order valence-corrected chi connectivity index (χ1v) is 15.0. The van der Waals surface area contributed by atoms with Gasteiger partial charge in [-0.15, -0.1) is 11.3 Å². The highest BCUT2D eigenvalue weighted by molar-refractivity contribution is 7.10. The predicted octanol–water partition coefficient (Wildman–Crippen LogP) is 3.00. The molecule has 12 nitrogen and oxygen atoms in total. The molecule has 218 valence electrons. The number of nitrogens with one attached hydrogen (secondary N) is 3. The van der Waals surface area contributed by atoms with Gasteiger partial charge in [0.05, 0.1) is 24.3 Å². The number of rotatable bonds is 4. The van der Waals surface area contributed by atoms with E-state index < -0.39 is 29.8 Å². The van der Waals surface area contributed by atoms with E-state index in [9.17, 15) is 19.2 Å². The number of benzene rings is 1. The molecule has 42 heavy (non-hydrogen) atoms. The van der Waals surface area contributed by atoms with Gasteiger partial charge in [0.2, 0.25) is 11.8 Å². The summed E-state index contributed by atoms with van der Waals surface area (Å²) in [6, 6.07) is 8.35. The molecule has 1 aliphatic rings. The second kappa shape index (κ2) is 13.0. The lowest BCUT2D eigenvalue weighted by Gasteiger charge is -2.25. The lowest BCUT2D eigenvalue weighted by molar-refractivity contribution is -0.122. The molecule has 0 radical (unpaired) electrons. The van der Waals surface area contributed by atoms with E-state index in [1.165, 1.54) is 28.7 Å². The summed E-state index contributed by atoms with van der Waals surface area (Å²) in [5, 5.41) is 12.4. The number of oxazole rings is 1. The molecule has 5 rings (SSSR count). The summed E-state index contributed by atoms with van der Waals surface area (Å²) in [4.78, 5) is 62.9. The molecular formula is C28H29N7O5S2. The van der Waals surface area contributed by atoms with Crippen molar-refractivity contribution < 1.29 is 23.6 Å². The number of hydrogen-bond donors (Lipinski definition) is 3. The first kappa shape index (κ1) is 29.1. The summed E-state index contributed by atoms with van der Waals surface area (Å²) in [6.07, 6.45) is 3.03. The molecule has 3 aromatic heterocycles. The lowest BCUT2D eigenvalue weighted by Crippen LogP contribution is -2.45. The van der Waals surface area contributed by atoms with E-state index >= 15 is 0 Å². The number of carbonyl (C=O) groups is 4. The van der Waals surface area contributed by atoms with Crippen LogP contribution in [-0.2, 0) is 11.2 Å². The van der Waals surface area contributed by atoms with Crippen molar-refractivity contribution in [3.8, 4) is 0 Å². The van der Waals surface area contributed by atoms with Gasteiger partial charge >= 0.3 is 0 Å². The molecule has 14 heteroatoms. The van der Waals surface area contributed by atoms with Gasteiger partial charge in [-0.25, -0.2) is 14.3 Å². The molecule has 0 spiro atoms. The van der Waals surface area contributed by atoms with Gasteiger partial charge in [-0.1, -0.05) is 44.2 Å². The second-order valence-electron chi connectivity index (χ2n) is 10.0. The molecule has 0 saturated carbocycles. The minimum Gasteiger partial charge on any atom is -0.446 e. The van der Waals surface area contributed by atoms with E-state index in [0.717, 1.165) is 17.1 Å². The van der Waals surface area contributed by atoms with Crippen LogP contribution in [0.4, 0.5) is 0 Å². The number of nitrogens with zero attached hydrogens (tertiary/aromatic N) is 4. The van der Waals surface area contributed by atoms with Crippen molar-refractivity contribution in [3.63, 3.8) is 0 Å². The van der Waals surface area contributed by atoms with Gasteiger partial charge in [-0.05, 0) is 23.0 Å². The largest absolute Gasteiger partial charge is 0.446 e. The SMILES string of the molecule is CC(C)[C@@H]1NC(=O)CN(C(=O)c2cnsc2)CCNC(=O)c2coc(n2)[C@H](Cc2ccccc2)NC(=O)c2csc1n2. The Morgan fingerprint density at radius 3 is 2.62 bits per heavy atom. The Morgan fingerprint density at radius 2 is 1.88 bits per heavy atom. The Bertz CT molecular complexity index is 1550. The zero-order valence-electron chi connectivity index (χ0n) is 22.9. The second-order valence-corrected chi connectivity index (χ2v) is 11.6. The van der Waals surface area contributed by atoms with Gasteiger partial charge in [0.15, 0.2) is 5.69 Å². The lowest BCUT2D eigenvalue weighted by atomic mass is 10.0. The van der Waals surface area contributed by atoms with Crippen LogP contribution in [0.5, 0.6) is 0 Å². The first-order chi connectivity index (χ1) is 20.3. The molecule has 4 aromatic rings. The average Bonchev–Trinajstić information content (AvgIpc) is 3.77. The van der Waals surface area contributed by atoms with Crippen molar-refractivity contribution in [2.45, 2.75) is 32.4 Å². The molecule has 1 aromatic carbocycles. The first-order valence-electron chi connectivity index (χ1n) is 13.3. The van der Waals surface area contributed by atoms with E-state index in [4.69, 9.17) is 4.42 Å². The smallest absolute Gasteiger partial charge is 0.273 e. The van der Waals surface area contributed by atoms with Crippen LogP contribution in [0.3, 0.4) is 0 Å². The maximum absolute atomic E-state index is 13.3. The third kappa shape index (κ3) is 6.89. The van der Waals surface area contributed by atoms with E-state index in [2.05, 4.69) is 30.3 Å². The predicted molar refractivity (Wildman–Crippen MR) is 155 cm³/mol. The van der Waals surface area contributed by atoms with Crippen LogP contribution in [0.15, 0.2) is 58.0 Å². The highest BCUT2D eigenvalue weighted by atomic mass is 32.1. The van der Waals surface area contributed by atoms with Crippen LogP contribution >= 0.6 is 22.9 Å². The van der Waals surface area contributed by atoms with Gasteiger partial charge in [0.1, 0.15) is 23.0 Å². The fourth-order valence-corrected chi connectivity index (χ4v) is 5.95.